The zero-order valence-electron chi connectivity index (χ0n) is 11.0. The standard InChI is InChI=1S/C14H17FN2OS/c1-3-17(9-10-5-4-6-19-10)13-8-14(18-2)11(15)7-12(13)16/h4-8H,3,9,16H2,1-2H3. The molecule has 19 heavy (non-hydrogen) atoms. The first-order chi connectivity index (χ1) is 9.15. The SMILES string of the molecule is CCN(Cc1cccs1)c1cc(OC)c(F)cc1N. The van der Waals surface area contributed by atoms with Crippen LogP contribution in [0.1, 0.15) is 11.8 Å². The summed E-state index contributed by atoms with van der Waals surface area (Å²) in [4.78, 5) is 3.34. The Morgan fingerprint density at radius 2 is 2.21 bits per heavy atom. The summed E-state index contributed by atoms with van der Waals surface area (Å²) in [5.74, 6) is -0.218. The van der Waals surface area contributed by atoms with E-state index in [1.807, 2.05) is 18.4 Å². The first kappa shape index (κ1) is 13.7. The van der Waals surface area contributed by atoms with Crippen molar-refractivity contribution in [3.63, 3.8) is 0 Å². The maximum absolute atomic E-state index is 13.6. The molecule has 0 bridgehead atoms. The molecule has 1 heterocycles. The largest absolute Gasteiger partial charge is 0.494 e. The van der Waals surface area contributed by atoms with Crippen molar-refractivity contribution in [1.82, 2.24) is 0 Å². The molecule has 1 aromatic heterocycles. The Hall–Kier alpha value is -1.75. The molecule has 0 unspecified atom stereocenters. The fourth-order valence-corrected chi connectivity index (χ4v) is 2.67. The van der Waals surface area contributed by atoms with Crippen LogP contribution >= 0.6 is 11.3 Å². The molecule has 0 atom stereocenters. The molecule has 1 aromatic carbocycles. The quantitative estimate of drug-likeness (QED) is 0.852. The zero-order chi connectivity index (χ0) is 13.8. The fraction of sp³-hybridized carbons (Fsp3) is 0.286. The first-order valence-electron chi connectivity index (χ1n) is 6.06. The second-order valence-electron chi connectivity index (χ2n) is 4.14. The molecule has 0 aliphatic rings. The van der Waals surface area contributed by atoms with Crippen molar-refractivity contribution in [2.45, 2.75) is 13.5 Å². The Kier molecular flexibility index (Phi) is 4.27. The number of thiophene rings is 1. The molecule has 0 aliphatic carbocycles. The van der Waals surface area contributed by atoms with E-state index in [2.05, 4.69) is 11.0 Å². The Morgan fingerprint density at radius 1 is 1.42 bits per heavy atom. The van der Waals surface area contributed by atoms with Gasteiger partial charge in [-0.25, -0.2) is 4.39 Å². The molecule has 0 radical (unpaired) electrons. The topological polar surface area (TPSA) is 38.5 Å². The van der Waals surface area contributed by atoms with Crippen LogP contribution in [0.25, 0.3) is 0 Å². The van der Waals surface area contributed by atoms with E-state index in [4.69, 9.17) is 10.5 Å². The minimum Gasteiger partial charge on any atom is -0.494 e. The van der Waals surface area contributed by atoms with Crippen LogP contribution in [0.4, 0.5) is 15.8 Å². The summed E-state index contributed by atoms with van der Waals surface area (Å²) >= 11 is 1.69. The number of anilines is 2. The van der Waals surface area contributed by atoms with E-state index < -0.39 is 5.82 Å². The lowest BCUT2D eigenvalue weighted by Crippen LogP contribution is -2.22. The molecule has 0 amide bonds. The van der Waals surface area contributed by atoms with Gasteiger partial charge in [0, 0.05) is 23.6 Å². The van der Waals surface area contributed by atoms with Crippen molar-refractivity contribution in [2.24, 2.45) is 0 Å². The van der Waals surface area contributed by atoms with Crippen LogP contribution in [0.15, 0.2) is 29.6 Å². The number of benzene rings is 1. The van der Waals surface area contributed by atoms with Crippen molar-refractivity contribution in [1.29, 1.82) is 0 Å². The summed E-state index contributed by atoms with van der Waals surface area (Å²) in [6.45, 7) is 3.59. The first-order valence-corrected chi connectivity index (χ1v) is 6.94. The lowest BCUT2D eigenvalue weighted by Gasteiger charge is -2.24. The van der Waals surface area contributed by atoms with Crippen molar-refractivity contribution in [2.75, 3.05) is 24.3 Å². The Labute approximate surface area is 116 Å². The van der Waals surface area contributed by atoms with Crippen molar-refractivity contribution >= 4 is 22.7 Å². The maximum atomic E-state index is 13.6. The molecule has 0 saturated heterocycles. The second kappa shape index (κ2) is 5.93. The number of halogens is 1. The van der Waals surface area contributed by atoms with E-state index in [0.29, 0.717) is 5.69 Å². The number of methoxy groups -OCH3 is 1. The highest BCUT2D eigenvalue weighted by atomic mass is 32.1. The summed E-state index contributed by atoms with van der Waals surface area (Å²) in [5, 5.41) is 2.04. The van der Waals surface area contributed by atoms with Gasteiger partial charge >= 0.3 is 0 Å². The molecule has 102 valence electrons. The second-order valence-corrected chi connectivity index (χ2v) is 5.17. The minimum atomic E-state index is -0.434. The number of ether oxygens (including phenoxy) is 1. The van der Waals surface area contributed by atoms with Crippen molar-refractivity contribution < 1.29 is 9.13 Å². The number of hydrogen-bond acceptors (Lipinski definition) is 4. The number of hydrogen-bond donors (Lipinski definition) is 1. The van der Waals surface area contributed by atoms with Gasteiger partial charge in [0.05, 0.1) is 25.0 Å². The van der Waals surface area contributed by atoms with Crippen LogP contribution in [0, 0.1) is 5.82 Å². The summed E-state index contributed by atoms with van der Waals surface area (Å²) in [7, 11) is 1.45. The summed E-state index contributed by atoms with van der Waals surface area (Å²) in [6.07, 6.45) is 0. The lowest BCUT2D eigenvalue weighted by molar-refractivity contribution is 0.386. The average molecular weight is 280 g/mol. The molecule has 0 fully saturated rings. The molecule has 0 spiro atoms. The van der Waals surface area contributed by atoms with Gasteiger partial charge in [-0.3, -0.25) is 0 Å². The van der Waals surface area contributed by atoms with Gasteiger partial charge in [0.2, 0.25) is 0 Å². The van der Waals surface area contributed by atoms with Gasteiger partial charge in [0.25, 0.3) is 0 Å². The third-order valence-electron chi connectivity index (χ3n) is 2.95. The normalized spacial score (nSPS) is 10.5. The molecule has 0 saturated carbocycles. The van der Waals surface area contributed by atoms with Gasteiger partial charge in [0.15, 0.2) is 11.6 Å². The zero-order valence-corrected chi connectivity index (χ0v) is 11.8. The van der Waals surface area contributed by atoms with Crippen LogP contribution in [0.5, 0.6) is 5.75 Å². The van der Waals surface area contributed by atoms with Crippen LogP contribution in [-0.2, 0) is 6.54 Å². The van der Waals surface area contributed by atoms with Crippen LogP contribution in [0.3, 0.4) is 0 Å². The number of nitrogen functional groups attached to an aromatic ring is 1. The lowest BCUT2D eigenvalue weighted by atomic mass is 10.2. The van der Waals surface area contributed by atoms with Gasteiger partial charge in [-0.1, -0.05) is 6.07 Å². The molecule has 5 heteroatoms. The highest BCUT2D eigenvalue weighted by molar-refractivity contribution is 7.09. The molecule has 2 rings (SSSR count). The highest BCUT2D eigenvalue weighted by Crippen LogP contribution is 2.32. The molecule has 2 aromatic rings. The van der Waals surface area contributed by atoms with E-state index in [9.17, 15) is 4.39 Å². The molecule has 3 nitrogen and oxygen atoms in total. The molecular formula is C14H17FN2OS. The van der Waals surface area contributed by atoms with Crippen LogP contribution in [-0.4, -0.2) is 13.7 Å². The van der Waals surface area contributed by atoms with E-state index in [0.717, 1.165) is 18.8 Å². The smallest absolute Gasteiger partial charge is 0.167 e. The maximum Gasteiger partial charge on any atom is 0.167 e. The Balaban J connectivity index is 2.32. The number of nitrogens with zero attached hydrogens (tertiary/aromatic N) is 1. The van der Waals surface area contributed by atoms with Gasteiger partial charge in [-0.15, -0.1) is 11.3 Å². The van der Waals surface area contributed by atoms with E-state index in [1.54, 1.807) is 17.4 Å². The number of rotatable bonds is 5. The van der Waals surface area contributed by atoms with Gasteiger partial charge < -0.3 is 15.4 Å². The number of nitrogens with two attached hydrogens (primary N) is 1. The van der Waals surface area contributed by atoms with E-state index in [1.165, 1.54) is 18.1 Å². The monoisotopic (exact) mass is 280 g/mol. The molecular weight excluding hydrogens is 263 g/mol. The minimum absolute atomic E-state index is 0.217. The van der Waals surface area contributed by atoms with Crippen LogP contribution < -0.4 is 15.4 Å². The Morgan fingerprint density at radius 3 is 2.79 bits per heavy atom. The van der Waals surface area contributed by atoms with Gasteiger partial charge in [-0.2, -0.15) is 0 Å². The van der Waals surface area contributed by atoms with E-state index in [-0.39, 0.29) is 5.75 Å². The van der Waals surface area contributed by atoms with Crippen molar-refractivity contribution in [3.05, 3.63) is 40.3 Å². The van der Waals surface area contributed by atoms with Crippen molar-refractivity contribution in [3.8, 4) is 5.75 Å². The average Bonchev–Trinajstić information content (AvgIpc) is 2.89. The summed E-state index contributed by atoms with van der Waals surface area (Å²) in [6, 6.07) is 7.06. The van der Waals surface area contributed by atoms with E-state index >= 15 is 0 Å². The van der Waals surface area contributed by atoms with Gasteiger partial charge in [0.1, 0.15) is 0 Å². The third kappa shape index (κ3) is 2.98. The third-order valence-corrected chi connectivity index (χ3v) is 3.81. The molecule has 0 aliphatic heterocycles. The summed E-state index contributed by atoms with van der Waals surface area (Å²) in [5.41, 5.74) is 7.14. The Bertz CT molecular complexity index is 543. The van der Waals surface area contributed by atoms with Gasteiger partial charge in [-0.05, 0) is 18.4 Å². The predicted molar refractivity (Wildman–Crippen MR) is 78.4 cm³/mol. The highest BCUT2D eigenvalue weighted by Gasteiger charge is 2.14. The molecule has 2 N–H and O–H groups in total. The predicted octanol–water partition coefficient (Wildman–Crippen LogP) is 3.50. The summed E-state index contributed by atoms with van der Waals surface area (Å²) < 4.78 is 18.6. The fourth-order valence-electron chi connectivity index (χ4n) is 1.95. The van der Waals surface area contributed by atoms with Crippen LogP contribution in [0.2, 0.25) is 0 Å².